The van der Waals surface area contributed by atoms with Crippen LogP contribution in [0.25, 0.3) is 0 Å². The summed E-state index contributed by atoms with van der Waals surface area (Å²) in [6.07, 6.45) is 3.93. The number of methoxy groups -OCH3 is 1. The summed E-state index contributed by atoms with van der Waals surface area (Å²) in [4.78, 5) is 0. The molecule has 0 aromatic heterocycles. The third-order valence-corrected chi connectivity index (χ3v) is 2.93. The quantitative estimate of drug-likeness (QED) is 0.797. The minimum absolute atomic E-state index is 0.248. The van der Waals surface area contributed by atoms with E-state index in [9.17, 15) is 9.50 Å². The SMILES string of the molecule is COc1cccc(F)c1C(O)C1=CCCC1. The minimum atomic E-state index is -0.876. The van der Waals surface area contributed by atoms with Gasteiger partial charge in [-0.3, -0.25) is 0 Å². The Morgan fingerprint density at radius 2 is 2.25 bits per heavy atom. The second kappa shape index (κ2) is 4.66. The summed E-state index contributed by atoms with van der Waals surface area (Å²) in [5.41, 5.74) is 1.14. The van der Waals surface area contributed by atoms with Crippen molar-refractivity contribution in [3.8, 4) is 5.75 Å². The largest absolute Gasteiger partial charge is 0.496 e. The third-order valence-electron chi connectivity index (χ3n) is 2.93. The zero-order valence-corrected chi connectivity index (χ0v) is 9.24. The maximum atomic E-state index is 13.7. The second-order valence-electron chi connectivity index (χ2n) is 3.93. The highest BCUT2D eigenvalue weighted by molar-refractivity contribution is 5.40. The molecule has 1 aromatic carbocycles. The van der Waals surface area contributed by atoms with Crippen LogP contribution in [0, 0.1) is 5.82 Å². The number of aliphatic hydroxyl groups excluding tert-OH is 1. The molecule has 86 valence electrons. The van der Waals surface area contributed by atoms with Crippen LogP contribution in [-0.2, 0) is 0 Å². The molecular formula is C13H15FO2. The number of hydrogen-bond donors (Lipinski definition) is 1. The van der Waals surface area contributed by atoms with Gasteiger partial charge >= 0.3 is 0 Å². The lowest BCUT2D eigenvalue weighted by molar-refractivity contribution is 0.201. The molecule has 0 radical (unpaired) electrons. The van der Waals surface area contributed by atoms with Gasteiger partial charge in [0.1, 0.15) is 17.7 Å². The predicted octanol–water partition coefficient (Wildman–Crippen LogP) is 2.98. The first-order valence-corrected chi connectivity index (χ1v) is 5.43. The Labute approximate surface area is 94.4 Å². The third kappa shape index (κ3) is 1.95. The van der Waals surface area contributed by atoms with Crippen LogP contribution in [0.3, 0.4) is 0 Å². The summed E-state index contributed by atoms with van der Waals surface area (Å²) >= 11 is 0. The van der Waals surface area contributed by atoms with Gasteiger partial charge in [-0.15, -0.1) is 0 Å². The van der Waals surface area contributed by atoms with E-state index in [4.69, 9.17) is 4.74 Å². The topological polar surface area (TPSA) is 29.5 Å². The van der Waals surface area contributed by atoms with Gasteiger partial charge in [-0.25, -0.2) is 4.39 Å². The molecule has 0 heterocycles. The van der Waals surface area contributed by atoms with E-state index < -0.39 is 11.9 Å². The molecule has 1 aromatic rings. The Bertz CT molecular complexity index is 412. The molecule has 1 aliphatic carbocycles. The summed E-state index contributed by atoms with van der Waals surface area (Å²) < 4.78 is 18.8. The van der Waals surface area contributed by atoms with Crippen molar-refractivity contribution in [3.63, 3.8) is 0 Å². The van der Waals surface area contributed by atoms with Crippen molar-refractivity contribution >= 4 is 0 Å². The van der Waals surface area contributed by atoms with Gasteiger partial charge in [0.05, 0.1) is 12.7 Å². The first kappa shape index (κ1) is 11.1. The highest BCUT2D eigenvalue weighted by Crippen LogP contribution is 2.36. The van der Waals surface area contributed by atoms with Crippen LogP contribution in [0.1, 0.15) is 30.9 Å². The Balaban J connectivity index is 2.38. The van der Waals surface area contributed by atoms with Crippen molar-refractivity contribution < 1.29 is 14.2 Å². The lowest BCUT2D eigenvalue weighted by atomic mass is 9.99. The van der Waals surface area contributed by atoms with Gasteiger partial charge < -0.3 is 9.84 Å². The van der Waals surface area contributed by atoms with Crippen LogP contribution >= 0.6 is 0 Å². The van der Waals surface area contributed by atoms with Crippen LogP contribution in [0.15, 0.2) is 29.8 Å². The van der Waals surface area contributed by atoms with Gasteiger partial charge in [-0.05, 0) is 37.0 Å². The van der Waals surface area contributed by atoms with Gasteiger partial charge in [-0.2, -0.15) is 0 Å². The molecule has 1 N–H and O–H groups in total. The van der Waals surface area contributed by atoms with Crippen molar-refractivity contribution in [3.05, 3.63) is 41.2 Å². The molecule has 0 saturated heterocycles. The zero-order chi connectivity index (χ0) is 11.5. The van der Waals surface area contributed by atoms with Gasteiger partial charge in [0, 0.05) is 0 Å². The molecule has 0 amide bonds. The molecule has 0 saturated carbocycles. The van der Waals surface area contributed by atoms with E-state index in [2.05, 4.69) is 0 Å². The van der Waals surface area contributed by atoms with Crippen LogP contribution in [0.5, 0.6) is 5.75 Å². The summed E-state index contributed by atoms with van der Waals surface area (Å²) in [5.74, 6) is -0.0139. The minimum Gasteiger partial charge on any atom is -0.496 e. The van der Waals surface area contributed by atoms with Crippen LogP contribution in [0.4, 0.5) is 4.39 Å². The number of rotatable bonds is 3. The molecule has 0 aliphatic heterocycles. The average Bonchev–Trinajstić information content (AvgIpc) is 2.81. The molecule has 1 atom stereocenters. The van der Waals surface area contributed by atoms with E-state index >= 15 is 0 Å². The Morgan fingerprint density at radius 1 is 1.44 bits per heavy atom. The standard InChI is InChI=1S/C13H15FO2/c1-16-11-8-4-7-10(14)12(11)13(15)9-5-2-3-6-9/h4-5,7-8,13,15H,2-3,6H2,1H3. The zero-order valence-electron chi connectivity index (χ0n) is 9.24. The van der Waals surface area contributed by atoms with Gasteiger partial charge in [-0.1, -0.05) is 12.1 Å². The molecular weight excluding hydrogens is 207 g/mol. The van der Waals surface area contributed by atoms with E-state index in [1.165, 1.54) is 13.2 Å². The normalized spacial score (nSPS) is 17.1. The Kier molecular flexibility index (Phi) is 3.25. The average molecular weight is 222 g/mol. The lowest BCUT2D eigenvalue weighted by Gasteiger charge is -2.16. The van der Waals surface area contributed by atoms with Gasteiger partial charge in [0.15, 0.2) is 0 Å². The molecule has 0 bridgehead atoms. The van der Waals surface area contributed by atoms with E-state index in [0.29, 0.717) is 5.75 Å². The fraction of sp³-hybridized carbons (Fsp3) is 0.385. The number of ether oxygens (including phenoxy) is 1. The maximum absolute atomic E-state index is 13.7. The molecule has 1 unspecified atom stereocenters. The van der Waals surface area contributed by atoms with Crippen molar-refractivity contribution in [2.24, 2.45) is 0 Å². The lowest BCUT2D eigenvalue weighted by Crippen LogP contribution is -2.05. The van der Waals surface area contributed by atoms with Crippen molar-refractivity contribution in [2.45, 2.75) is 25.4 Å². The van der Waals surface area contributed by atoms with Crippen molar-refractivity contribution in [2.75, 3.05) is 7.11 Å². The van der Waals surface area contributed by atoms with E-state index in [-0.39, 0.29) is 5.56 Å². The van der Waals surface area contributed by atoms with Crippen molar-refractivity contribution in [1.82, 2.24) is 0 Å². The summed E-state index contributed by atoms with van der Waals surface area (Å²) in [6.45, 7) is 0. The molecule has 1 aliphatic rings. The molecule has 0 fully saturated rings. The summed E-state index contributed by atoms with van der Waals surface area (Å²) in [7, 11) is 1.48. The predicted molar refractivity (Wildman–Crippen MR) is 59.8 cm³/mol. The first-order valence-electron chi connectivity index (χ1n) is 5.43. The van der Waals surface area contributed by atoms with E-state index in [0.717, 1.165) is 24.8 Å². The van der Waals surface area contributed by atoms with Gasteiger partial charge in [0.2, 0.25) is 0 Å². The molecule has 0 spiro atoms. The molecule has 2 rings (SSSR count). The fourth-order valence-corrected chi connectivity index (χ4v) is 2.09. The van der Waals surface area contributed by atoms with Crippen molar-refractivity contribution in [1.29, 1.82) is 0 Å². The van der Waals surface area contributed by atoms with Crippen LogP contribution in [-0.4, -0.2) is 12.2 Å². The summed E-state index contributed by atoms with van der Waals surface area (Å²) in [5, 5.41) is 10.1. The Morgan fingerprint density at radius 3 is 2.88 bits per heavy atom. The summed E-state index contributed by atoms with van der Waals surface area (Å²) in [6, 6.07) is 4.58. The monoisotopic (exact) mass is 222 g/mol. The Hall–Kier alpha value is -1.35. The van der Waals surface area contributed by atoms with Crippen LogP contribution < -0.4 is 4.74 Å². The number of allylic oxidation sites excluding steroid dienone is 1. The van der Waals surface area contributed by atoms with E-state index in [1.807, 2.05) is 6.08 Å². The molecule has 16 heavy (non-hydrogen) atoms. The smallest absolute Gasteiger partial charge is 0.133 e. The highest BCUT2D eigenvalue weighted by atomic mass is 19.1. The molecule has 3 heteroatoms. The maximum Gasteiger partial charge on any atom is 0.133 e. The van der Waals surface area contributed by atoms with Gasteiger partial charge in [0.25, 0.3) is 0 Å². The second-order valence-corrected chi connectivity index (χ2v) is 3.93. The fourth-order valence-electron chi connectivity index (χ4n) is 2.09. The van der Waals surface area contributed by atoms with Crippen LogP contribution in [0.2, 0.25) is 0 Å². The number of aliphatic hydroxyl groups is 1. The number of hydrogen-bond acceptors (Lipinski definition) is 2. The number of halogens is 1. The first-order chi connectivity index (χ1) is 7.74. The number of benzene rings is 1. The molecule has 2 nitrogen and oxygen atoms in total. The highest BCUT2D eigenvalue weighted by Gasteiger charge is 2.22. The van der Waals surface area contributed by atoms with E-state index in [1.54, 1.807) is 12.1 Å².